The molecule has 0 aliphatic rings. The molecule has 1 atom stereocenters. The van der Waals surface area contributed by atoms with Gasteiger partial charge in [0.25, 0.3) is 11.8 Å². The van der Waals surface area contributed by atoms with E-state index in [0.29, 0.717) is 17.5 Å². The second kappa shape index (κ2) is 10.6. The lowest BCUT2D eigenvalue weighted by Gasteiger charge is -2.20. The van der Waals surface area contributed by atoms with Crippen LogP contribution in [0.1, 0.15) is 41.3 Å². The summed E-state index contributed by atoms with van der Waals surface area (Å²) in [6, 6.07) is 12.9. The SMILES string of the molecule is CCC[C@@H](NC(=O)/C(=C/c1cccc(Br)c1)NC(=O)c1ccc(C)cc1)C(=O)[O-]. The molecule has 2 N–H and O–H groups in total. The number of aliphatic carboxylic acids is 1. The molecule has 0 spiro atoms. The minimum atomic E-state index is -1.37. The Kier molecular flexibility index (Phi) is 8.15. The maximum atomic E-state index is 12.7. The zero-order valence-corrected chi connectivity index (χ0v) is 17.8. The summed E-state index contributed by atoms with van der Waals surface area (Å²) >= 11 is 3.36. The van der Waals surface area contributed by atoms with Gasteiger partial charge in [-0.05, 0) is 49.2 Å². The highest BCUT2D eigenvalue weighted by molar-refractivity contribution is 9.10. The van der Waals surface area contributed by atoms with Gasteiger partial charge in [-0.15, -0.1) is 0 Å². The minimum Gasteiger partial charge on any atom is -0.548 e. The summed E-state index contributed by atoms with van der Waals surface area (Å²) < 4.78 is 0.800. The molecule has 0 aliphatic heterocycles. The van der Waals surface area contributed by atoms with Gasteiger partial charge in [0.05, 0.1) is 12.0 Å². The molecule has 0 aromatic heterocycles. The number of hydrogen-bond acceptors (Lipinski definition) is 4. The number of hydrogen-bond donors (Lipinski definition) is 2. The van der Waals surface area contributed by atoms with E-state index in [2.05, 4.69) is 26.6 Å². The third-order valence-electron chi connectivity index (χ3n) is 4.13. The fourth-order valence-electron chi connectivity index (χ4n) is 2.59. The Morgan fingerprint density at radius 2 is 1.83 bits per heavy atom. The lowest BCUT2D eigenvalue weighted by atomic mass is 10.1. The Morgan fingerprint density at radius 1 is 1.14 bits per heavy atom. The van der Waals surface area contributed by atoms with Crippen molar-refractivity contribution in [1.29, 1.82) is 0 Å². The number of carbonyl (C=O) groups excluding carboxylic acids is 3. The summed E-state index contributed by atoms with van der Waals surface area (Å²) in [7, 11) is 0. The molecule has 2 aromatic rings. The maximum absolute atomic E-state index is 12.7. The van der Waals surface area contributed by atoms with Crippen LogP contribution in [0.5, 0.6) is 0 Å². The zero-order valence-electron chi connectivity index (χ0n) is 16.2. The number of carboxylic acids is 1. The number of amides is 2. The van der Waals surface area contributed by atoms with Crippen molar-refractivity contribution in [2.45, 2.75) is 32.7 Å². The number of nitrogens with one attached hydrogen (secondary N) is 2. The van der Waals surface area contributed by atoms with E-state index < -0.39 is 23.8 Å². The Morgan fingerprint density at radius 3 is 2.41 bits per heavy atom. The lowest BCUT2D eigenvalue weighted by molar-refractivity contribution is -0.308. The van der Waals surface area contributed by atoms with E-state index in [4.69, 9.17) is 0 Å². The highest BCUT2D eigenvalue weighted by Crippen LogP contribution is 2.15. The fraction of sp³-hybridized carbons (Fsp3) is 0.227. The molecule has 0 radical (unpaired) electrons. The van der Waals surface area contributed by atoms with Crippen molar-refractivity contribution >= 4 is 39.8 Å². The quantitative estimate of drug-likeness (QED) is 0.595. The van der Waals surface area contributed by atoms with Gasteiger partial charge in [0.2, 0.25) is 0 Å². The highest BCUT2D eigenvalue weighted by Gasteiger charge is 2.19. The summed E-state index contributed by atoms with van der Waals surface area (Å²) in [5.74, 6) is -2.54. The molecule has 0 bridgehead atoms. The Labute approximate surface area is 178 Å². The van der Waals surface area contributed by atoms with E-state index in [0.717, 1.165) is 10.0 Å². The van der Waals surface area contributed by atoms with Crippen molar-refractivity contribution in [2.75, 3.05) is 0 Å². The van der Waals surface area contributed by atoms with Gasteiger partial charge in [0.15, 0.2) is 0 Å². The molecule has 0 saturated heterocycles. The van der Waals surface area contributed by atoms with Gasteiger partial charge in [-0.3, -0.25) is 9.59 Å². The number of halogens is 1. The van der Waals surface area contributed by atoms with E-state index in [1.54, 1.807) is 49.4 Å². The van der Waals surface area contributed by atoms with Gasteiger partial charge < -0.3 is 20.5 Å². The normalized spacial score (nSPS) is 12.2. The van der Waals surface area contributed by atoms with E-state index in [9.17, 15) is 19.5 Å². The van der Waals surface area contributed by atoms with Crippen LogP contribution in [0.2, 0.25) is 0 Å². The topological polar surface area (TPSA) is 98.3 Å². The van der Waals surface area contributed by atoms with Crippen LogP contribution < -0.4 is 15.7 Å². The summed E-state index contributed by atoms with van der Waals surface area (Å²) in [4.78, 5) is 36.6. The first-order valence-corrected chi connectivity index (χ1v) is 9.96. The molecule has 7 heteroatoms. The van der Waals surface area contributed by atoms with Crippen molar-refractivity contribution in [3.63, 3.8) is 0 Å². The van der Waals surface area contributed by atoms with Crippen molar-refractivity contribution in [2.24, 2.45) is 0 Å². The molecule has 2 aromatic carbocycles. The second-order valence-corrected chi connectivity index (χ2v) is 7.48. The van der Waals surface area contributed by atoms with Gasteiger partial charge in [-0.25, -0.2) is 0 Å². The fourth-order valence-corrected chi connectivity index (χ4v) is 3.01. The van der Waals surface area contributed by atoms with Gasteiger partial charge in [0.1, 0.15) is 5.70 Å². The van der Waals surface area contributed by atoms with Crippen molar-refractivity contribution in [3.05, 3.63) is 75.4 Å². The summed E-state index contributed by atoms with van der Waals surface area (Å²) in [6.07, 6.45) is 2.27. The molecule has 29 heavy (non-hydrogen) atoms. The molecule has 0 aliphatic carbocycles. The summed E-state index contributed by atoms with van der Waals surface area (Å²) in [5, 5.41) is 16.3. The molecule has 2 rings (SSSR count). The first-order chi connectivity index (χ1) is 13.8. The predicted molar refractivity (Wildman–Crippen MR) is 113 cm³/mol. The number of aryl methyl sites for hydroxylation is 1. The molecular weight excluding hydrogens is 436 g/mol. The standard InChI is InChI=1S/C22H23BrN2O4/c1-3-5-18(22(28)29)24-21(27)19(13-15-6-4-7-17(23)12-15)25-20(26)16-10-8-14(2)9-11-16/h4,6-13,18H,3,5H2,1-2H3,(H,24,27)(H,25,26)(H,28,29)/p-1/b19-13-/t18-/m1/s1. The van der Waals surface area contributed by atoms with Crippen LogP contribution in [0.25, 0.3) is 6.08 Å². The molecule has 0 saturated carbocycles. The smallest absolute Gasteiger partial charge is 0.268 e. The van der Waals surface area contributed by atoms with Gasteiger partial charge in [0, 0.05) is 10.0 Å². The van der Waals surface area contributed by atoms with E-state index in [1.165, 1.54) is 6.08 Å². The molecule has 2 amide bonds. The second-order valence-electron chi connectivity index (χ2n) is 6.57. The van der Waals surface area contributed by atoms with Gasteiger partial charge in [-0.1, -0.05) is 59.1 Å². The van der Waals surface area contributed by atoms with Crippen molar-refractivity contribution in [1.82, 2.24) is 10.6 Å². The van der Waals surface area contributed by atoms with E-state index >= 15 is 0 Å². The first kappa shape index (κ1) is 22.4. The van der Waals surface area contributed by atoms with Gasteiger partial charge in [-0.2, -0.15) is 0 Å². The van der Waals surface area contributed by atoms with E-state index in [1.807, 2.05) is 13.0 Å². The van der Waals surface area contributed by atoms with Crippen LogP contribution in [-0.4, -0.2) is 23.8 Å². The first-order valence-electron chi connectivity index (χ1n) is 9.17. The Balaban J connectivity index is 2.32. The summed E-state index contributed by atoms with van der Waals surface area (Å²) in [5.41, 5.74) is 1.99. The van der Waals surface area contributed by atoms with Gasteiger partial charge >= 0.3 is 0 Å². The number of carbonyl (C=O) groups is 3. The molecular formula is C22H22BrN2O4-. The number of benzene rings is 2. The third kappa shape index (κ3) is 6.87. The van der Waals surface area contributed by atoms with Crippen LogP contribution in [0, 0.1) is 6.92 Å². The lowest BCUT2D eigenvalue weighted by Crippen LogP contribution is -2.49. The molecule has 6 nitrogen and oxygen atoms in total. The summed E-state index contributed by atoms with van der Waals surface area (Å²) in [6.45, 7) is 3.71. The zero-order chi connectivity index (χ0) is 21.4. The van der Waals surface area contributed by atoms with Crippen LogP contribution in [-0.2, 0) is 9.59 Å². The van der Waals surface area contributed by atoms with Crippen molar-refractivity contribution < 1.29 is 19.5 Å². The molecule has 0 unspecified atom stereocenters. The van der Waals surface area contributed by atoms with E-state index in [-0.39, 0.29) is 12.1 Å². The van der Waals surface area contributed by atoms with Crippen LogP contribution in [0.3, 0.4) is 0 Å². The molecule has 0 fully saturated rings. The van der Waals surface area contributed by atoms with Crippen LogP contribution in [0.15, 0.2) is 58.7 Å². The maximum Gasteiger partial charge on any atom is 0.268 e. The minimum absolute atomic E-state index is 0.0592. The highest BCUT2D eigenvalue weighted by atomic mass is 79.9. The number of carboxylic acid groups (broad SMARTS) is 1. The third-order valence-corrected chi connectivity index (χ3v) is 4.63. The largest absolute Gasteiger partial charge is 0.548 e. The molecule has 152 valence electrons. The predicted octanol–water partition coefficient (Wildman–Crippen LogP) is 2.56. The number of rotatable bonds is 8. The molecule has 0 heterocycles. The van der Waals surface area contributed by atoms with Crippen molar-refractivity contribution in [3.8, 4) is 0 Å². The van der Waals surface area contributed by atoms with Crippen LogP contribution >= 0.6 is 15.9 Å². The monoisotopic (exact) mass is 457 g/mol. The Hall–Kier alpha value is -2.93. The Bertz CT molecular complexity index is 923. The average molecular weight is 458 g/mol. The van der Waals surface area contributed by atoms with Crippen LogP contribution in [0.4, 0.5) is 0 Å². The average Bonchev–Trinajstić information content (AvgIpc) is 2.67.